The molecule has 0 spiro atoms. The molecule has 0 radical (unpaired) electrons. The maximum absolute atomic E-state index is 16.7. The molecule has 0 bridgehead atoms. The second-order valence-corrected chi connectivity index (χ2v) is 12.8. The van der Waals surface area contributed by atoms with E-state index in [1.54, 1.807) is 29.0 Å². The number of carbonyl (C=O) groups is 2. The third-order valence-electron chi connectivity index (χ3n) is 9.63. The fourth-order valence-electron chi connectivity index (χ4n) is 7.00. The van der Waals surface area contributed by atoms with Gasteiger partial charge in [0.05, 0.1) is 35.6 Å². The third-order valence-corrected chi connectivity index (χ3v) is 9.63. The van der Waals surface area contributed by atoms with E-state index in [1.165, 1.54) is 12.4 Å². The summed E-state index contributed by atoms with van der Waals surface area (Å²) in [5.41, 5.74) is 5.58. The number of nitrogens with two attached hydrogens (primary N) is 1. The van der Waals surface area contributed by atoms with Crippen LogP contribution in [0.5, 0.6) is 5.75 Å². The molecule has 0 atom stereocenters. The van der Waals surface area contributed by atoms with Crippen molar-refractivity contribution in [2.24, 2.45) is 15.9 Å². The molecule has 52 heavy (non-hydrogen) atoms. The number of ether oxygens (including phenoxy) is 1. The number of para-hydroxylation sites is 3. The van der Waals surface area contributed by atoms with Crippen LogP contribution in [0.1, 0.15) is 36.0 Å². The lowest BCUT2D eigenvalue weighted by Gasteiger charge is -2.35. The monoisotopic (exact) mass is 703 g/mol. The van der Waals surface area contributed by atoms with E-state index in [0.29, 0.717) is 73.7 Å². The first-order valence-corrected chi connectivity index (χ1v) is 17.3. The SMILES string of the molecule is COc1ccccc1-c1cc(C2=CCCN(C(=O)CCN=C/C=N\N)C2)c(F)c2[nH]c(C(=O)N3CCN(c4nc5ccccc5nc4C)CC3)cc12.[HH]. The van der Waals surface area contributed by atoms with Crippen LogP contribution in [-0.4, -0.2) is 102 Å². The van der Waals surface area contributed by atoms with Gasteiger partial charge in [0.25, 0.3) is 5.91 Å². The summed E-state index contributed by atoms with van der Waals surface area (Å²) in [7, 11) is 1.59. The normalized spacial score (nSPS) is 15.3. The first-order valence-electron chi connectivity index (χ1n) is 17.3. The molecule has 5 aromatic rings. The number of hydrazone groups is 1. The molecule has 13 heteroatoms. The Morgan fingerprint density at radius 3 is 2.48 bits per heavy atom. The van der Waals surface area contributed by atoms with Crippen LogP contribution in [0.2, 0.25) is 0 Å². The number of nitrogens with zero attached hydrogens (tertiary/aromatic N) is 7. The van der Waals surface area contributed by atoms with E-state index in [1.807, 2.05) is 61.5 Å². The minimum Gasteiger partial charge on any atom is -0.496 e. The zero-order valence-corrected chi connectivity index (χ0v) is 29.2. The summed E-state index contributed by atoms with van der Waals surface area (Å²) in [6.45, 7) is 5.14. The Labute approximate surface area is 302 Å². The molecule has 2 aliphatic rings. The molecule has 268 valence electrons. The molecule has 0 unspecified atom stereocenters. The molecular weight excluding hydrogens is 661 g/mol. The molecule has 2 aromatic heterocycles. The average molecular weight is 704 g/mol. The number of piperazine rings is 1. The van der Waals surface area contributed by atoms with Crippen LogP contribution in [0, 0.1) is 12.7 Å². The predicted octanol–water partition coefficient (Wildman–Crippen LogP) is 5.46. The number of benzene rings is 3. The third kappa shape index (κ3) is 6.81. The van der Waals surface area contributed by atoms with Crippen LogP contribution in [0.4, 0.5) is 10.2 Å². The molecule has 2 amide bonds. The number of hydrogen-bond acceptors (Lipinski definition) is 9. The van der Waals surface area contributed by atoms with Gasteiger partial charge in [-0.3, -0.25) is 14.6 Å². The maximum Gasteiger partial charge on any atom is 0.270 e. The first kappa shape index (κ1) is 34.3. The van der Waals surface area contributed by atoms with E-state index < -0.39 is 5.82 Å². The number of methoxy groups -OCH3 is 1. The van der Waals surface area contributed by atoms with E-state index in [-0.39, 0.29) is 31.7 Å². The molecule has 12 nitrogen and oxygen atoms in total. The van der Waals surface area contributed by atoms with Crippen molar-refractivity contribution >= 4 is 57.6 Å². The van der Waals surface area contributed by atoms with Crippen molar-refractivity contribution in [3.8, 4) is 16.9 Å². The minimum absolute atomic E-state index is 0. The molecule has 1 saturated heterocycles. The number of nitrogens with one attached hydrogen (secondary N) is 1. The average Bonchev–Trinajstić information content (AvgIpc) is 3.64. The number of anilines is 1. The van der Waals surface area contributed by atoms with Gasteiger partial charge < -0.3 is 30.3 Å². The number of H-pyrrole nitrogens is 1. The Kier molecular flexibility index (Phi) is 9.92. The highest BCUT2D eigenvalue weighted by molar-refractivity contribution is 6.15. The summed E-state index contributed by atoms with van der Waals surface area (Å²) >= 11 is 0. The van der Waals surface area contributed by atoms with Gasteiger partial charge in [-0.1, -0.05) is 36.4 Å². The van der Waals surface area contributed by atoms with Crippen LogP contribution in [0.25, 0.3) is 38.6 Å². The van der Waals surface area contributed by atoms with Crippen LogP contribution >= 0.6 is 0 Å². The fourth-order valence-corrected chi connectivity index (χ4v) is 7.00. The van der Waals surface area contributed by atoms with E-state index in [2.05, 4.69) is 20.0 Å². The van der Waals surface area contributed by atoms with Crippen molar-refractivity contribution < 1.29 is 20.1 Å². The van der Waals surface area contributed by atoms with Gasteiger partial charge >= 0.3 is 0 Å². The van der Waals surface area contributed by atoms with E-state index in [9.17, 15) is 9.59 Å². The Bertz CT molecular complexity index is 2240. The molecule has 4 heterocycles. The Balaban J connectivity index is 0.00000481. The van der Waals surface area contributed by atoms with Crippen LogP contribution < -0.4 is 15.5 Å². The Morgan fingerprint density at radius 2 is 1.71 bits per heavy atom. The number of aromatic amines is 1. The minimum atomic E-state index is -0.478. The first-order chi connectivity index (χ1) is 25.4. The number of amides is 2. The van der Waals surface area contributed by atoms with Gasteiger partial charge in [-0.25, -0.2) is 14.4 Å². The van der Waals surface area contributed by atoms with Gasteiger partial charge in [-0.2, -0.15) is 5.10 Å². The lowest BCUT2D eigenvalue weighted by molar-refractivity contribution is -0.130. The number of aliphatic imine (C=N–C) groups is 1. The van der Waals surface area contributed by atoms with E-state index >= 15 is 4.39 Å². The number of hydrogen-bond donors (Lipinski definition) is 2. The molecule has 1 fully saturated rings. The van der Waals surface area contributed by atoms with Crippen LogP contribution in [-0.2, 0) is 4.79 Å². The Morgan fingerprint density at radius 1 is 0.962 bits per heavy atom. The molecule has 2 aliphatic heterocycles. The molecule has 7 rings (SSSR count). The van der Waals surface area contributed by atoms with Crippen molar-refractivity contribution in [2.45, 2.75) is 19.8 Å². The van der Waals surface area contributed by atoms with Crippen molar-refractivity contribution in [2.75, 3.05) is 57.8 Å². The van der Waals surface area contributed by atoms with Crippen molar-refractivity contribution in [1.29, 1.82) is 0 Å². The topological polar surface area (TPSA) is 145 Å². The fraction of sp³-hybridized carbons (Fsp3) is 0.282. The molecular formula is C39H42FN9O3. The zero-order chi connectivity index (χ0) is 36.2. The number of aromatic nitrogens is 3. The summed E-state index contributed by atoms with van der Waals surface area (Å²) in [5, 5.41) is 3.93. The van der Waals surface area contributed by atoms with Gasteiger partial charge in [0.15, 0.2) is 11.6 Å². The number of carbonyl (C=O) groups excluding carboxylic acids is 2. The summed E-state index contributed by atoms with van der Waals surface area (Å²) in [4.78, 5) is 49.6. The largest absolute Gasteiger partial charge is 0.496 e. The highest BCUT2D eigenvalue weighted by atomic mass is 19.1. The number of aryl methyl sites for hydroxylation is 1. The van der Waals surface area contributed by atoms with Crippen LogP contribution in [0.3, 0.4) is 0 Å². The standard InChI is InChI=1S/C39H40FN9O3.H2/c1-25-38(46-32-11-5-4-10-31(32)44-25)47-18-20-48(21-19-47)39(51)33-23-30-29(27-9-3-6-12-34(27)52-2)22-28(36(40)37(30)45-33)26-8-7-17-49(24-26)35(50)13-14-42-15-16-43-41;/h3-6,8-12,15-16,22-23,45H,7,13-14,17-21,24,41H2,1-2H3;1H/b42-15?,43-16-;. The Hall–Kier alpha value is -6.11. The number of halogens is 1. The summed E-state index contributed by atoms with van der Waals surface area (Å²) in [6, 6.07) is 18.9. The molecule has 0 saturated carbocycles. The van der Waals surface area contributed by atoms with E-state index in [4.69, 9.17) is 20.5 Å². The van der Waals surface area contributed by atoms with Gasteiger partial charge in [-0.15, -0.1) is 0 Å². The highest BCUT2D eigenvalue weighted by Crippen LogP contribution is 2.40. The van der Waals surface area contributed by atoms with Crippen molar-refractivity contribution in [1.82, 2.24) is 24.8 Å². The molecule has 3 aromatic carbocycles. The lowest BCUT2D eigenvalue weighted by atomic mass is 9.93. The zero-order valence-electron chi connectivity index (χ0n) is 29.2. The maximum atomic E-state index is 16.7. The summed E-state index contributed by atoms with van der Waals surface area (Å²) in [5.74, 6) is 5.76. The summed E-state index contributed by atoms with van der Waals surface area (Å²) in [6.07, 6.45) is 5.58. The molecule has 3 N–H and O–H groups in total. The predicted molar refractivity (Wildman–Crippen MR) is 205 cm³/mol. The van der Waals surface area contributed by atoms with E-state index in [0.717, 1.165) is 33.7 Å². The quantitative estimate of drug-likeness (QED) is 0.118. The van der Waals surface area contributed by atoms with Gasteiger partial charge in [0, 0.05) is 76.4 Å². The number of rotatable bonds is 9. The van der Waals surface area contributed by atoms with Gasteiger partial charge in [0.1, 0.15) is 11.4 Å². The van der Waals surface area contributed by atoms with Crippen molar-refractivity contribution in [3.05, 3.63) is 89.5 Å². The van der Waals surface area contributed by atoms with Crippen LogP contribution in [0.15, 0.2) is 76.8 Å². The second-order valence-electron chi connectivity index (χ2n) is 12.8. The highest BCUT2D eigenvalue weighted by Gasteiger charge is 2.28. The van der Waals surface area contributed by atoms with Gasteiger partial charge in [0.2, 0.25) is 5.91 Å². The summed E-state index contributed by atoms with van der Waals surface area (Å²) < 4.78 is 22.4. The second kappa shape index (κ2) is 15.0. The van der Waals surface area contributed by atoms with Crippen molar-refractivity contribution in [3.63, 3.8) is 0 Å². The van der Waals surface area contributed by atoms with Gasteiger partial charge in [-0.05, 0) is 54.8 Å². The molecule has 0 aliphatic carbocycles. The lowest BCUT2D eigenvalue weighted by Crippen LogP contribution is -2.49. The smallest absolute Gasteiger partial charge is 0.270 e. The number of fused-ring (bicyclic) bond motifs is 2.